The first-order valence-electron chi connectivity index (χ1n) is 11.8. The van der Waals surface area contributed by atoms with Gasteiger partial charge in [0.2, 0.25) is 5.91 Å². The Kier molecular flexibility index (Phi) is 8.39. The van der Waals surface area contributed by atoms with Crippen molar-refractivity contribution in [2.75, 3.05) is 17.7 Å². The van der Waals surface area contributed by atoms with Gasteiger partial charge in [-0.3, -0.25) is 4.79 Å². The second-order valence-electron chi connectivity index (χ2n) is 8.10. The van der Waals surface area contributed by atoms with Crippen molar-refractivity contribution in [3.05, 3.63) is 57.7 Å². The molecule has 2 heterocycles. The van der Waals surface area contributed by atoms with Crippen LogP contribution in [-0.4, -0.2) is 39.0 Å². The number of hydrogen-bond acceptors (Lipinski definition) is 7. The maximum atomic E-state index is 12.8. The van der Waals surface area contributed by atoms with Crippen molar-refractivity contribution in [2.24, 2.45) is 0 Å². The molecule has 0 saturated heterocycles. The largest absolute Gasteiger partial charge is 0.462 e. The quantitative estimate of drug-likeness (QED) is 0.315. The number of carbonyl (C=O) groups is 2. The molecule has 0 aliphatic heterocycles. The minimum atomic E-state index is -0.348. The SMILES string of the molecule is CCOC(=O)c1c(NC(=O)CSc2nnc(CCc3ccccc3)n2CC)sc2c1CCCC2. The summed E-state index contributed by atoms with van der Waals surface area (Å²) in [5.41, 5.74) is 2.85. The average molecular weight is 499 g/mol. The Balaban J connectivity index is 1.40. The number of hydrogen-bond donors (Lipinski definition) is 1. The maximum Gasteiger partial charge on any atom is 0.341 e. The van der Waals surface area contributed by atoms with Crippen molar-refractivity contribution >= 4 is 40.0 Å². The fraction of sp³-hybridized carbons (Fsp3) is 0.440. The van der Waals surface area contributed by atoms with Gasteiger partial charge in [0.15, 0.2) is 5.16 Å². The van der Waals surface area contributed by atoms with E-state index in [4.69, 9.17) is 4.74 Å². The van der Waals surface area contributed by atoms with Crippen LogP contribution in [-0.2, 0) is 41.8 Å². The van der Waals surface area contributed by atoms with Crippen molar-refractivity contribution in [2.45, 2.75) is 64.1 Å². The van der Waals surface area contributed by atoms with Crippen LogP contribution in [0.15, 0.2) is 35.5 Å². The molecule has 0 fully saturated rings. The lowest BCUT2D eigenvalue weighted by molar-refractivity contribution is -0.113. The van der Waals surface area contributed by atoms with Crippen molar-refractivity contribution in [1.29, 1.82) is 0 Å². The van der Waals surface area contributed by atoms with E-state index in [1.54, 1.807) is 6.92 Å². The summed E-state index contributed by atoms with van der Waals surface area (Å²) in [4.78, 5) is 26.6. The lowest BCUT2D eigenvalue weighted by atomic mass is 9.95. The molecule has 9 heteroatoms. The molecule has 3 aromatic rings. The number of rotatable bonds is 10. The maximum absolute atomic E-state index is 12.8. The third-order valence-electron chi connectivity index (χ3n) is 5.83. The molecule has 0 atom stereocenters. The fourth-order valence-electron chi connectivity index (χ4n) is 4.20. The standard InChI is InChI=1S/C25H30N4O3S2/c1-3-29-20(15-14-17-10-6-5-7-11-17)27-28-25(29)33-16-21(30)26-23-22(24(31)32-4-2)18-12-8-9-13-19(18)34-23/h5-7,10-11H,3-4,8-9,12-16H2,1-2H3,(H,26,30). The predicted octanol–water partition coefficient (Wildman–Crippen LogP) is 4.93. The van der Waals surface area contributed by atoms with E-state index >= 15 is 0 Å². The first kappa shape index (κ1) is 24.5. The number of thiophene rings is 1. The molecule has 7 nitrogen and oxygen atoms in total. The Hall–Kier alpha value is -2.65. The monoisotopic (exact) mass is 498 g/mol. The first-order valence-corrected chi connectivity index (χ1v) is 13.6. The predicted molar refractivity (Wildman–Crippen MR) is 136 cm³/mol. The van der Waals surface area contributed by atoms with Gasteiger partial charge >= 0.3 is 5.97 Å². The van der Waals surface area contributed by atoms with Gasteiger partial charge in [0.1, 0.15) is 10.8 Å². The van der Waals surface area contributed by atoms with E-state index in [-0.39, 0.29) is 17.6 Å². The van der Waals surface area contributed by atoms with Crippen LogP contribution in [0, 0.1) is 0 Å². The van der Waals surface area contributed by atoms with Crippen LogP contribution in [0.4, 0.5) is 5.00 Å². The van der Waals surface area contributed by atoms with Crippen molar-refractivity contribution in [3.63, 3.8) is 0 Å². The summed E-state index contributed by atoms with van der Waals surface area (Å²) in [6.45, 7) is 4.91. The van der Waals surface area contributed by atoms with Crippen LogP contribution < -0.4 is 5.32 Å². The molecule has 1 aliphatic rings. The highest BCUT2D eigenvalue weighted by molar-refractivity contribution is 7.99. The van der Waals surface area contributed by atoms with Gasteiger partial charge in [-0.25, -0.2) is 4.79 Å². The third kappa shape index (κ3) is 5.70. The topological polar surface area (TPSA) is 86.1 Å². The van der Waals surface area contributed by atoms with E-state index in [0.717, 1.165) is 61.6 Å². The minimum Gasteiger partial charge on any atom is -0.462 e. The number of nitrogens with one attached hydrogen (secondary N) is 1. The number of benzene rings is 1. The summed E-state index contributed by atoms with van der Waals surface area (Å²) < 4.78 is 7.35. The zero-order valence-electron chi connectivity index (χ0n) is 19.6. The summed E-state index contributed by atoms with van der Waals surface area (Å²) in [5.74, 6) is 0.607. The number of amides is 1. The van der Waals surface area contributed by atoms with Gasteiger partial charge in [-0.15, -0.1) is 21.5 Å². The second-order valence-corrected chi connectivity index (χ2v) is 10.1. The number of aromatic nitrogens is 3. The van der Waals surface area contributed by atoms with Gasteiger partial charge in [0, 0.05) is 17.8 Å². The van der Waals surface area contributed by atoms with Crippen LogP contribution in [0.1, 0.15) is 58.9 Å². The lowest BCUT2D eigenvalue weighted by Gasteiger charge is -2.12. The molecule has 2 aromatic heterocycles. The molecule has 0 unspecified atom stereocenters. The molecule has 180 valence electrons. The van der Waals surface area contributed by atoms with E-state index in [0.29, 0.717) is 17.2 Å². The van der Waals surface area contributed by atoms with Gasteiger partial charge in [0.05, 0.1) is 17.9 Å². The highest BCUT2D eigenvalue weighted by Gasteiger charge is 2.27. The Morgan fingerprint density at radius 3 is 2.68 bits per heavy atom. The van der Waals surface area contributed by atoms with Crippen LogP contribution in [0.5, 0.6) is 0 Å². The molecule has 4 rings (SSSR count). The van der Waals surface area contributed by atoms with Gasteiger partial charge in [0.25, 0.3) is 0 Å². The van der Waals surface area contributed by atoms with Gasteiger partial charge in [-0.1, -0.05) is 42.1 Å². The Bertz CT molecular complexity index is 1140. The summed E-state index contributed by atoms with van der Waals surface area (Å²) in [6, 6.07) is 10.3. The Morgan fingerprint density at radius 1 is 1.12 bits per heavy atom. The van der Waals surface area contributed by atoms with Crippen molar-refractivity contribution in [3.8, 4) is 0 Å². The van der Waals surface area contributed by atoms with Crippen LogP contribution in [0.25, 0.3) is 0 Å². The number of anilines is 1. The Labute approximate surface area is 208 Å². The van der Waals surface area contributed by atoms with E-state index < -0.39 is 0 Å². The highest BCUT2D eigenvalue weighted by Crippen LogP contribution is 2.38. The number of ether oxygens (including phenoxy) is 1. The molecular formula is C25H30N4O3S2. The number of nitrogens with zero attached hydrogens (tertiary/aromatic N) is 3. The molecule has 0 spiro atoms. The summed E-state index contributed by atoms with van der Waals surface area (Å²) >= 11 is 2.87. The van der Waals surface area contributed by atoms with Crippen LogP contribution >= 0.6 is 23.1 Å². The molecule has 0 saturated carbocycles. The van der Waals surface area contributed by atoms with E-state index in [9.17, 15) is 9.59 Å². The molecular weight excluding hydrogens is 468 g/mol. The molecule has 34 heavy (non-hydrogen) atoms. The molecule has 0 radical (unpaired) electrons. The number of esters is 1. The summed E-state index contributed by atoms with van der Waals surface area (Å²) in [6.07, 6.45) is 5.65. The summed E-state index contributed by atoms with van der Waals surface area (Å²) in [5, 5.41) is 13.0. The number of carbonyl (C=O) groups excluding carboxylic acids is 2. The van der Waals surface area contributed by atoms with E-state index in [2.05, 4.69) is 39.1 Å². The zero-order valence-corrected chi connectivity index (χ0v) is 21.3. The van der Waals surface area contributed by atoms with E-state index in [1.807, 2.05) is 18.2 Å². The summed E-state index contributed by atoms with van der Waals surface area (Å²) in [7, 11) is 0. The number of aryl methyl sites for hydroxylation is 3. The Morgan fingerprint density at radius 2 is 1.91 bits per heavy atom. The minimum absolute atomic E-state index is 0.161. The molecule has 1 aliphatic carbocycles. The average Bonchev–Trinajstić information content (AvgIpc) is 3.42. The normalized spacial score (nSPS) is 12.9. The lowest BCUT2D eigenvalue weighted by Crippen LogP contribution is -2.17. The number of thioether (sulfide) groups is 1. The second kappa shape index (κ2) is 11.7. The number of fused-ring (bicyclic) bond motifs is 1. The smallest absolute Gasteiger partial charge is 0.341 e. The van der Waals surface area contributed by atoms with Gasteiger partial charge in [-0.2, -0.15) is 0 Å². The highest BCUT2D eigenvalue weighted by atomic mass is 32.2. The van der Waals surface area contributed by atoms with Crippen LogP contribution in [0.3, 0.4) is 0 Å². The molecule has 1 aromatic carbocycles. The van der Waals surface area contributed by atoms with Gasteiger partial charge < -0.3 is 14.6 Å². The zero-order chi connectivity index (χ0) is 23.9. The van der Waals surface area contributed by atoms with Crippen molar-refractivity contribution in [1.82, 2.24) is 14.8 Å². The van der Waals surface area contributed by atoms with Gasteiger partial charge in [-0.05, 0) is 57.1 Å². The molecule has 1 amide bonds. The molecule has 0 bridgehead atoms. The molecule has 1 N–H and O–H groups in total. The fourth-order valence-corrected chi connectivity index (χ4v) is 6.31. The third-order valence-corrected chi connectivity index (χ3v) is 8.00. The first-order chi connectivity index (χ1) is 16.6. The van der Waals surface area contributed by atoms with Crippen molar-refractivity contribution < 1.29 is 14.3 Å². The van der Waals surface area contributed by atoms with Crippen LogP contribution in [0.2, 0.25) is 0 Å². The van der Waals surface area contributed by atoms with E-state index in [1.165, 1.54) is 33.5 Å².